The molecule has 1 saturated carbocycles. The van der Waals surface area contributed by atoms with Crippen LogP contribution in [0.4, 0.5) is 5.69 Å². The van der Waals surface area contributed by atoms with Crippen molar-refractivity contribution >= 4 is 23.4 Å². The monoisotopic (exact) mass is 496 g/mol. The van der Waals surface area contributed by atoms with Crippen LogP contribution in [-0.2, 0) is 21.4 Å². The minimum atomic E-state index is -0.744. The summed E-state index contributed by atoms with van der Waals surface area (Å²) < 4.78 is 3.19. The lowest BCUT2D eigenvalue weighted by molar-refractivity contribution is -0.144. The number of hydrogen-bond acceptors (Lipinski definition) is 4. The van der Waals surface area contributed by atoms with Crippen molar-refractivity contribution < 1.29 is 14.4 Å². The number of carbonyl (C=O) groups excluding carboxylic acids is 3. The first-order valence-corrected chi connectivity index (χ1v) is 12.6. The summed E-state index contributed by atoms with van der Waals surface area (Å²) in [5.74, 6) is -1.34. The van der Waals surface area contributed by atoms with Crippen molar-refractivity contribution in [2.45, 2.75) is 25.8 Å². The van der Waals surface area contributed by atoms with Gasteiger partial charge in [0.15, 0.2) is 0 Å². The average Bonchev–Trinajstić information content (AvgIpc) is 3.64. The molecule has 1 aromatic heterocycles. The van der Waals surface area contributed by atoms with Gasteiger partial charge in [-0.3, -0.25) is 28.8 Å². The van der Waals surface area contributed by atoms with E-state index in [-0.39, 0.29) is 53.2 Å². The molecule has 188 valence electrons. The number of para-hydroxylation sites is 1. The second kappa shape index (κ2) is 8.73. The van der Waals surface area contributed by atoms with Gasteiger partial charge in [-0.05, 0) is 42.9 Å². The summed E-state index contributed by atoms with van der Waals surface area (Å²) in [6.07, 6.45) is 4.82. The number of hydrogen-bond donors (Lipinski definition) is 1. The number of nitrogens with zero attached hydrogens (tertiary/aromatic N) is 3. The third-order valence-corrected chi connectivity index (χ3v) is 8.20. The molecule has 1 N–H and O–H groups in total. The fourth-order valence-electron chi connectivity index (χ4n) is 6.34. The topological polar surface area (TPSA) is 93.4 Å². The fourth-order valence-corrected chi connectivity index (χ4v) is 6.34. The van der Waals surface area contributed by atoms with Crippen molar-refractivity contribution in [2.24, 2.45) is 30.7 Å². The Morgan fingerprint density at radius 1 is 0.919 bits per heavy atom. The third kappa shape index (κ3) is 3.58. The zero-order chi connectivity index (χ0) is 25.8. The van der Waals surface area contributed by atoms with E-state index in [1.165, 1.54) is 9.58 Å². The Labute approximate surface area is 214 Å². The SMILES string of the molecule is Cc1c(NC(=O)CC(c2ccccc2)N2C(=O)C3C4C=CC(C4)C3C2=O)c(=O)n(-c2ccccc2)n1C. The molecular formula is C29H28N4O4. The Kier molecular flexibility index (Phi) is 5.47. The number of fused-ring (bicyclic) bond motifs is 5. The van der Waals surface area contributed by atoms with Crippen molar-refractivity contribution in [2.75, 3.05) is 5.32 Å². The van der Waals surface area contributed by atoms with Gasteiger partial charge in [-0.25, -0.2) is 4.68 Å². The van der Waals surface area contributed by atoms with Gasteiger partial charge in [0, 0.05) is 7.05 Å². The molecule has 37 heavy (non-hydrogen) atoms. The second-order valence-electron chi connectivity index (χ2n) is 10.2. The molecule has 5 unspecified atom stereocenters. The summed E-state index contributed by atoms with van der Waals surface area (Å²) in [5, 5.41) is 2.79. The highest BCUT2D eigenvalue weighted by Gasteiger charge is 2.60. The highest BCUT2D eigenvalue weighted by atomic mass is 16.2. The van der Waals surface area contributed by atoms with Crippen molar-refractivity contribution in [1.82, 2.24) is 14.3 Å². The minimum absolute atomic E-state index is 0.0881. The van der Waals surface area contributed by atoms with E-state index in [4.69, 9.17) is 0 Å². The lowest BCUT2D eigenvalue weighted by Gasteiger charge is -2.28. The highest BCUT2D eigenvalue weighted by molar-refractivity contribution is 6.07. The summed E-state index contributed by atoms with van der Waals surface area (Å²) in [7, 11) is 1.76. The Balaban J connectivity index is 1.30. The van der Waals surface area contributed by atoms with Crippen LogP contribution in [0, 0.1) is 30.6 Å². The van der Waals surface area contributed by atoms with Gasteiger partial charge >= 0.3 is 0 Å². The number of carbonyl (C=O) groups is 3. The Hall–Kier alpha value is -4.20. The first kappa shape index (κ1) is 23.2. The standard InChI is InChI=1S/C29H28N4O4/c1-17-26(29(37)33(31(17)2)21-11-7-4-8-12-21)30-23(34)16-22(18-9-5-3-6-10-18)32-27(35)24-19-13-14-20(15-19)25(24)28(32)36/h3-14,19-20,22,24-25H,15-16H2,1-2H3,(H,30,34). The number of allylic oxidation sites excluding steroid dienone is 2. The van der Waals surface area contributed by atoms with Gasteiger partial charge in [0.2, 0.25) is 17.7 Å². The molecule has 3 aliphatic rings. The smallest absolute Gasteiger partial charge is 0.295 e. The summed E-state index contributed by atoms with van der Waals surface area (Å²) in [4.78, 5) is 55.1. The summed E-state index contributed by atoms with van der Waals surface area (Å²) in [6.45, 7) is 1.77. The maximum atomic E-state index is 13.5. The Morgan fingerprint density at radius 3 is 2.08 bits per heavy atom. The summed E-state index contributed by atoms with van der Waals surface area (Å²) in [5.41, 5.74) is 1.83. The molecule has 8 nitrogen and oxygen atoms in total. The number of likely N-dealkylation sites (tertiary alicyclic amines) is 1. The van der Waals surface area contributed by atoms with Crippen molar-refractivity contribution in [3.63, 3.8) is 0 Å². The normalized spacial score (nSPS) is 24.5. The molecule has 5 atom stereocenters. The second-order valence-corrected chi connectivity index (χ2v) is 10.2. The van der Waals surface area contributed by atoms with Gasteiger partial charge in [0.1, 0.15) is 5.69 Å². The van der Waals surface area contributed by atoms with Gasteiger partial charge in [-0.15, -0.1) is 0 Å². The lowest BCUT2D eigenvalue weighted by Crippen LogP contribution is -2.38. The molecule has 1 aliphatic heterocycles. The molecule has 2 aromatic carbocycles. The van der Waals surface area contributed by atoms with E-state index in [1.807, 2.05) is 60.7 Å². The van der Waals surface area contributed by atoms with E-state index in [0.717, 1.165) is 6.42 Å². The molecule has 2 fully saturated rings. The molecule has 0 radical (unpaired) electrons. The summed E-state index contributed by atoms with van der Waals surface area (Å²) in [6, 6.07) is 17.6. The maximum absolute atomic E-state index is 13.5. The number of benzene rings is 2. The Bertz CT molecular complexity index is 1460. The predicted octanol–water partition coefficient (Wildman–Crippen LogP) is 3.36. The van der Waals surface area contributed by atoms with Crippen LogP contribution in [0.25, 0.3) is 5.69 Å². The number of rotatable bonds is 6. The molecule has 2 bridgehead atoms. The molecule has 0 spiro atoms. The van der Waals surface area contributed by atoms with Crippen molar-refractivity contribution in [3.05, 3.63) is 94.4 Å². The number of amides is 3. The summed E-state index contributed by atoms with van der Waals surface area (Å²) >= 11 is 0. The van der Waals surface area contributed by atoms with Crippen molar-refractivity contribution in [3.8, 4) is 5.69 Å². The molecule has 2 heterocycles. The molecule has 3 amide bonds. The van der Waals surface area contributed by atoms with Gasteiger partial charge < -0.3 is 5.32 Å². The van der Waals surface area contributed by atoms with E-state index in [1.54, 1.807) is 18.7 Å². The number of nitrogens with one attached hydrogen (secondary N) is 1. The zero-order valence-electron chi connectivity index (χ0n) is 20.7. The first-order chi connectivity index (χ1) is 17.9. The highest BCUT2D eigenvalue weighted by Crippen LogP contribution is 2.54. The van der Waals surface area contributed by atoms with E-state index in [0.29, 0.717) is 16.9 Å². The molecule has 8 heteroatoms. The van der Waals surface area contributed by atoms with Crippen LogP contribution < -0.4 is 10.9 Å². The quantitative estimate of drug-likeness (QED) is 0.418. The number of aromatic nitrogens is 2. The lowest BCUT2D eigenvalue weighted by atomic mass is 9.85. The van der Waals surface area contributed by atoms with Crippen LogP contribution in [0.5, 0.6) is 0 Å². The largest absolute Gasteiger partial charge is 0.320 e. The van der Waals surface area contributed by atoms with Crippen LogP contribution >= 0.6 is 0 Å². The molecule has 2 aliphatic carbocycles. The van der Waals surface area contributed by atoms with Crippen LogP contribution in [0.2, 0.25) is 0 Å². The van der Waals surface area contributed by atoms with Crippen molar-refractivity contribution in [1.29, 1.82) is 0 Å². The van der Waals surface area contributed by atoms with Crippen LogP contribution in [0.1, 0.15) is 30.1 Å². The Morgan fingerprint density at radius 2 is 1.49 bits per heavy atom. The zero-order valence-corrected chi connectivity index (χ0v) is 20.7. The molecule has 3 aromatic rings. The van der Waals surface area contributed by atoms with Gasteiger partial charge in [0.05, 0.1) is 35.7 Å². The minimum Gasteiger partial charge on any atom is -0.320 e. The third-order valence-electron chi connectivity index (χ3n) is 8.20. The van der Waals surface area contributed by atoms with Gasteiger partial charge in [-0.1, -0.05) is 60.7 Å². The van der Waals surface area contributed by atoms with Crippen LogP contribution in [-0.4, -0.2) is 32.0 Å². The van der Waals surface area contributed by atoms with Gasteiger partial charge in [-0.2, -0.15) is 0 Å². The number of anilines is 1. The predicted molar refractivity (Wildman–Crippen MR) is 138 cm³/mol. The van der Waals surface area contributed by atoms with Crippen LogP contribution in [0.15, 0.2) is 77.6 Å². The van der Waals surface area contributed by atoms with Gasteiger partial charge in [0.25, 0.3) is 5.56 Å². The van der Waals surface area contributed by atoms with E-state index in [9.17, 15) is 19.2 Å². The van der Waals surface area contributed by atoms with Crippen LogP contribution in [0.3, 0.4) is 0 Å². The van der Waals surface area contributed by atoms with E-state index >= 15 is 0 Å². The fraction of sp³-hybridized carbons (Fsp3) is 0.310. The van der Waals surface area contributed by atoms with E-state index in [2.05, 4.69) is 17.5 Å². The molecule has 6 rings (SSSR count). The first-order valence-electron chi connectivity index (χ1n) is 12.6. The maximum Gasteiger partial charge on any atom is 0.295 e. The number of imide groups is 1. The molecule has 1 saturated heterocycles. The average molecular weight is 497 g/mol. The van der Waals surface area contributed by atoms with E-state index < -0.39 is 11.9 Å². The molecular weight excluding hydrogens is 468 g/mol.